The van der Waals surface area contributed by atoms with Crippen molar-refractivity contribution in [1.29, 1.82) is 0 Å². The van der Waals surface area contributed by atoms with Gasteiger partial charge < -0.3 is 19.6 Å². The quantitative estimate of drug-likeness (QED) is 0.810. The summed E-state index contributed by atoms with van der Waals surface area (Å²) in [5, 5.41) is 9.63. The molecule has 0 radical (unpaired) electrons. The number of ether oxygens (including phenoxy) is 1. The fraction of sp³-hybridized carbons (Fsp3) is 0.824. The molecule has 2 unspecified atom stereocenters. The van der Waals surface area contributed by atoms with Crippen LogP contribution >= 0.6 is 0 Å². The van der Waals surface area contributed by atoms with Gasteiger partial charge in [-0.25, -0.2) is 0 Å². The maximum atomic E-state index is 13.0. The summed E-state index contributed by atoms with van der Waals surface area (Å²) in [6.45, 7) is 3.20. The number of rotatable bonds is 5. The maximum Gasteiger partial charge on any atom is 0.313 e. The highest BCUT2D eigenvalue weighted by Crippen LogP contribution is 2.32. The third-order valence-corrected chi connectivity index (χ3v) is 5.17. The molecule has 0 saturated carbocycles. The Hall–Kier alpha value is -1.63. The number of carboxylic acid groups (broad SMARTS) is 1. The van der Waals surface area contributed by atoms with E-state index < -0.39 is 17.4 Å². The minimum Gasteiger partial charge on any atom is -0.481 e. The van der Waals surface area contributed by atoms with Gasteiger partial charge in [-0.2, -0.15) is 0 Å². The summed E-state index contributed by atoms with van der Waals surface area (Å²) >= 11 is 0. The summed E-state index contributed by atoms with van der Waals surface area (Å²) in [6, 6.07) is -0.446. The summed E-state index contributed by atoms with van der Waals surface area (Å²) < 4.78 is 5.11. The lowest BCUT2D eigenvalue weighted by atomic mass is 9.80. The Morgan fingerprint density at radius 1 is 1.21 bits per heavy atom. The average molecular weight is 340 g/mol. The van der Waals surface area contributed by atoms with E-state index >= 15 is 0 Å². The molecular formula is C17H28N2O5. The molecular weight excluding hydrogens is 312 g/mol. The van der Waals surface area contributed by atoms with Gasteiger partial charge in [0.05, 0.1) is 6.61 Å². The van der Waals surface area contributed by atoms with Gasteiger partial charge in [-0.3, -0.25) is 14.4 Å². The summed E-state index contributed by atoms with van der Waals surface area (Å²) in [4.78, 5) is 40.2. The number of likely N-dealkylation sites (tertiary alicyclic amines) is 2. The summed E-state index contributed by atoms with van der Waals surface area (Å²) in [7, 11) is 1.48. The monoisotopic (exact) mass is 340 g/mol. The van der Waals surface area contributed by atoms with Crippen LogP contribution in [0.25, 0.3) is 0 Å². The van der Waals surface area contributed by atoms with Crippen LogP contribution in [0.1, 0.15) is 45.4 Å². The van der Waals surface area contributed by atoms with E-state index in [2.05, 4.69) is 0 Å². The molecule has 0 aromatic heterocycles. The molecule has 1 N–H and O–H groups in total. The van der Waals surface area contributed by atoms with Crippen molar-refractivity contribution in [3.05, 3.63) is 0 Å². The minimum absolute atomic E-state index is 0.00792. The molecule has 2 atom stereocenters. The zero-order chi connectivity index (χ0) is 17.7. The van der Waals surface area contributed by atoms with Crippen molar-refractivity contribution in [2.75, 3.05) is 33.4 Å². The molecule has 24 heavy (non-hydrogen) atoms. The van der Waals surface area contributed by atoms with Gasteiger partial charge in [0.15, 0.2) is 0 Å². The standard InChI is InChI=1S/C17H28N2O5/c1-3-14(20)19-10-5-4-7-13(19)15(21)18-9-6-8-17(11-18,12-24-2)16(22)23/h13H,3-12H2,1-2H3,(H,22,23). The largest absolute Gasteiger partial charge is 0.481 e. The van der Waals surface area contributed by atoms with Crippen LogP contribution in [0.5, 0.6) is 0 Å². The number of hydrogen-bond donors (Lipinski definition) is 1. The zero-order valence-corrected chi connectivity index (χ0v) is 14.6. The molecule has 2 aliphatic rings. The Morgan fingerprint density at radius 2 is 1.96 bits per heavy atom. The van der Waals surface area contributed by atoms with Crippen LogP contribution in [0.3, 0.4) is 0 Å². The smallest absolute Gasteiger partial charge is 0.313 e. The van der Waals surface area contributed by atoms with Gasteiger partial charge in [-0.05, 0) is 32.1 Å². The minimum atomic E-state index is -1.04. The maximum absolute atomic E-state index is 13.0. The van der Waals surface area contributed by atoms with Crippen LogP contribution in [-0.2, 0) is 19.1 Å². The zero-order valence-electron chi connectivity index (χ0n) is 14.6. The molecule has 0 aliphatic carbocycles. The second-order valence-electron chi connectivity index (χ2n) is 6.83. The topological polar surface area (TPSA) is 87.2 Å². The fourth-order valence-electron chi connectivity index (χ4n) is 3.85. The lowest BCUT2D eigenvalue weighted by Crippen LogP contribution is -2.58. The van der Waals surface area contributed by atoms with Crippen LogP contribution in [0, 0.1) is 5.41 Å². The van der Waals surface area contributed by atoms with Gasteiger partial charge in [0.25, 0.3) is 0 Å². The summed E-state index contributed by atoms with van der Waals surface area (Å²) in [5.41, 5.74) is -1.04. The third-order valence-electron chi connectivity index (χ3n) is 5.17. The van der Waals surface area contributed by atoms with Crippen LogP contribution in [0.15, 0.2) is 0 Å². The third kappa shape index (κ3) is 3.71. The lowest BCUT2D eigenvalue weighted by molar-refractivity contribution is -0.162. The molecule has 0 bridgehead atoms. The van der Waals surface area contributed by atoms with Crippen molar-refractivity contribution in [3.8, 4) is 0 Å². The second-order valence-corrected chi connectivity index (χ2v) is 6.83. The van der Waals surface area contributed by atoms with E-state index in [9.17, 15) is 19.5 Å². The molecule has 0 spiro atoms. The number of nitrogens with zero attached hydrogens (tertiary/aromatic N) is 2. The van der Waals surface area contributed by atoms with Gasteiger partial charge >= 0.3 is 5.97 Å². The Kier molecular flexibility index (Phi) is 6.21. The van der Waals surface area contributed by atoms with Gasteiger partial charge in [0, 0.05) is 33.2 Å². The van der Waals surface area contributed by atoms with Gasteiger partial charge in [-0.1, -0.05) is 6.92 Å². The average Bonchev–Trinajstić information content (AvgIpc) is 2.60. The number of hydrogen-bond acceptors (Lipinski definition) is 4. The normalized spacial score (nSPS) is 27.8. The van der Waals surface area contributed by atoms with E-state index in [1.54, 1.807) is 16.7 Å². The number of carbonyl (C=O) groups is 3. The van der Waals surface area contributed by atoms with Crippen molar-refractivity contribution in [2.24, 2.45) is 5.41 Å². The molecule has 2 saturated heterocycles. The molecule has 2 heterocycles. The first-order chi connectivity index (χ1) is 11.4. The number of amides is 2. The predicted molar refractivity (Wildman–Crippen MR) is 87.4 cm³/mol. The number of methoxy groups -OCH3 is 1. The first-order valence-electron chi connectivity index (χ1n) is 8.76. The van der Waals surface area contributed by atoms with E-state index in [0.717, 1.165) is 12.8 Å². The van der Waals surface area contributed by atoms with Crippen molar-refractivity contribution >= 4 is 17.8 Å². The molecule has 2 rings (SSSR count). The highest BCUT2D eigenvalue weighted by molar-refractivity contribution is 5.88. The van der Waals surface area contributed by atoms with E-state index in [-0.39, 0.29) is 25.0 Å². The molecule has 0 aromatic rings. The molecule has 7 nitrogen and oxygen atoms in total. The molecule has 2 amide bonds. The van der Waals surface area contributed by atoms with Crippen molar-refractivity contribution < 1.29 is 24.2 Å². The highest BCUT2D eigenvalue weighted by Gasteiger charge is 2.45. The summed E-state index contributed by atoms with van der Waals surface area (Å²) in [6.07, 6.45) is 4.01. The predicted octanol–water partition coefficient (Wildman–Crippen LogP) is 1.12. The molecule has 7 heteroatoms. The number of carboxylic acids is 1. The van der Waals surface area contributed by atoms with Crippen LogP contribution in [0.2, 0.25) is 0 Å². The Bertz CT molecular complexity index is 491. The Labute approximate surface area is 142 Å². The van der Waals surface area contributed by atoms with Crippen molar-refractivity contribution in [1.82, 2.24) is 9.80 Å². The Morgan fingerprint density at radius 3 is 2.58 bits per heavy atom. The van der Waals surface area contributed by atoms with E-state index in [1.165, 1.54) is 7.11 Å². The molecule has 0 aromatic carbocycles. The first-order valence-corrected chi connectivity index (χ1v) is 8.76. The second kappa shape index (κ2) is 7.96. The first kappa shape index (κ1) is 18.7. The van der Waals surface area contributed by atoms with Crippen LogP contribution < -0.4 is 0 Å². The number of carbonyl (C=O) groups excluding carboxylic acids is 2. The van der Waals surface area contributed by atoms with E-state index in [4.69, 9.17) is 4.74 Å². The summed E-state index contributed by atoms with van der Waals surface area (Å²) in [5.74, 6) is -1.05. The van der Waals surface area contributed by atoms with E-state index in [0.29, 0.717) is 38.8 Å². The lowest BCUT2D eigenvalue weighted by Gasteiger charge is -2.43. The molecule has 136 valence electrons. The molecule has 2 aliphatic heterocycles. The van der Waals surface area contributed by atoms with Gasteiger partial charge in [-0.15, -0.1) is 0 Å². The van der Waals surface area contributed by atoms with Gasteiger partial charge in [0.1, 0.15) is 11.5 Å². The fourth-order valence-corrected chi connectivity index (χ4v) is 3.85. The van der Waals surface area contributed by atoms with E-state index in [1.807, 2.05) is 0 Å². The number of piperidine rings is 2. The Balaban J connectivity index is 2.15. The van der Waals surface area contributed by atoms with Crippen LogP contribution in [-0.4, -0.2) is 72.1 Å². The van der Waals surface area contributed by atoms with Gasteiger partial charge in [0.2, 0.25) is 11.8 Å². The molecule has 2 fully saturated rings. The number of aliphatic carboxylic acids is 1. The highest BCUT2D eigenvalue weighted by atomic mass is 16.5. The van der Waals surface area contributed by atoms with Crippen molar-refractivity contribution in [3.63, 3.8) is 0 Å². The van der Waals surface area contributed by atoms with Crippen LogP contribution in [0.4, 0.5) is 0 Å². The van der Waals surface area contributed by atoms with Crippen molar-refractivity contribution in [2.45, 2.75) is 51.5 Å². The SMILES string of the molecule is CCC(=O)N1CCCCC1C(=O)N1CCCC(COC)(C(=O)O)C1.